The summed E-state index contributed by atoms with van der Waals surface area (Å²) in [5, 5.41) is 21.6. The molecule has 1 saturated carbocycles. The predicted molar refractivity (Wildman–Crippen MR) is 55.7 cm³/mol. The van der Waals surface area contributed by atoms with E-state index in [0.29, 0.717) is 6.04 Å². The first-order chi connectivity index (χ1) is 6.53. The van der Waals surface area contributed by atoms with Gasteiger partial charge in [-0.05, 0) is 39.5 Å². The van der Waals surface area contributed by atoms with E-state index in [2.05, 4.69) is 11.4 Å². The fourth-order valence-electron chi connectivity index (χ4n) is 1.72. The minimum absolute atomic E-state index is 0.1000. The number of aliphatic hydroxyl groups excluding tert-OH is 1. The van der Waals surface area contributed by atoms with Gasteiger partial charge in [0.05, 0.1) is 17.6 Å². The van der Waals surface area contributed by atoms with Gasteiger partial charge in [-0.15, -0.1) is 0 Å². The lowest BCUT2D eigenvalue weighted by atomic mass is 9.91. The second-order valence-electron chi connectivity index (χ2n) is 4.88. The third-order valence-electron chi connectivity index (χ3n) is 2.83. The molecule has 0 unspecified atom stereocenters. The zero-order valence-corrected chi connectivity index (χ0v) is 9.08. The van der Waals surface area contributed by atoms with Crippen LogP contribution in [0, 0.1) is 16.7 Å². The molecule has 0 bridgehead atoms. The summed E-state index contributed by atoms with van der Waals surface area (Å²) in [5.74, 6) is 0. The van der Waals surface area contributed by atoms with Crippen molar-refractivity contribution in [2.75, 3.05) is 6.54 Å². The average Bonchev–Trinajstić information content (AvgIpc) is 2.17. The van der Waals surface area contributed by atoms with Crippen LogP contribution in [0.15, 0.2) is 0 Å². The molecule has 1 aliphatic rings. The third-order valence-corrected chi connectivity index (χ3v) is 2.83. The fraction of sp³-hybridized carbons (Fsp3) is 0.909. The SMILES string of the molecule is CC(C)(C#N)CNC1CCC(O)CC1. The van der Waals surface area contributed by atoms with Crippen molar-refractivity contribution in [3.8, 4) is 6.07 Å². The summed E-state index contributed by atoms with van der Waals surface area (Å²) in [7, 11) is 0. The Morgan fingerprint density at radius 2 is 1.93 bits per heavy atom. The number of hydrogen-bond acceptors (Lipinski definition) is 3. The Morgan fingerprint density at radius 3 is 2.43 bits per heavy atom. The fourth-order valence-corrected chi connectivity index (χ4v) is 1.72. The van der Waals surface area contributed by atoms with E-state index in [0.717, 1.165) is 32.2 Å². The van der Waals surface area contributed by atoms with Crippen LogP contribution in [0.5, 0.6) is 0 Å². The van der Waals surface area contributed by atoms with Crippen molar-refractivity contribution < 1.29 is 5.11 Å². The number of nitrogens with zero attached hydrogens (tertiary/aromatic N) is 1. The summed E-state index contributed by atoms with van der Waals surface area (Å²) < 4.78 is 0. The number of nitriles is 1. The molecule has 0 saturated heterocycles. The van der Waals surface area contributed by atoms with Crippen LogP contribution in [0.25, 0.3) is 0 Å². The van der Waals surface area contributed by atoms with Gasteiger partial charge in [-0.1, -0.05) is 0 Å². The Balaban J connectivity index is 2.23. The summed E-state index contributed by atoms with van der Waals surface area (Å²) >= 11 is 0. The van der Waals surface area contributed by atoms with Gasteiger partial charge in [0.15, 0.2) is 0 Å². The van der Waals surface area contributed by atoms with Crippen molar-refractivity contribution >= 4 is 0 Å². The van der Waals surface area contributed by atoms with Crippen LogP contribution < -0.4 is 5.32 Å². The molecule has 1 rings (SSSR count). The van der Waals surface area contributed by atoms with Crippen LogP contribution in [0.3, 0.4) is 0 Å². The summed E-state index contributed by atoms with van der Waals surface area (Å²) in [5.41, 5.74) is -0.282. The third kappa shape index (κ3) is 3.65. The molecule has 0 aromatic rings. The highest BCUT2D eigenvalue weighted by Gasteiger charge is 2.22. The minimum Gasteiger partial charge on any atom is -0.393 e. The maximum atomic E-state index is 9.32. The molecule has 80 valence electrons. The Labute approximate surface area is 86.1 Å². The molecule has 0 aliphatic heterocycles. The van der Waals surface area contributed by atoms with Gasteiger partial charge in [0, 0.05) is 12.6 Å². The van der Waals surface area contributed by atoms with Crippen LogP contribution in [0.2, 0.25) is 0 Å². The van der Waals surface area contributed by atoms with Gasteiger partial charge in [0.1, 0.15) is 0 Å². The minimum atomic E-state index is -0.282. The van der Waals surface area contributed by atoms with Crippen molar-refractivity contribution in [2.45, 2.75) is 51.7 Å². The number of aliphatic hydroxyl groups is 1. The molecule has 3 nitrogen and oxygen atoms in total. The molecule has 14 heavy (non-hydrogen) atoms. The van der Waals surface area contributed by atoms with Crippen LogP contribution in [0.1, 0.15) is 39.5 Å². The standard InChI is InChI=1S/C11H20N2O/c1-11(2,7-12)8-13-9-3-5-10(14)6-4-9/h9-10,13-14H,3-6,8H2,1-2H3. The van der Waals surface area contributed by atoms with Crippen LogP contribution in [-0.4, -0.2) is 23.8 Å². The first-order valence-corrected chi connectivity index (χ1v) is 5.36. The molecule has 0 atom stereocenters. The lowest BCUT2D eigenvalue weighted by Crippen LogP contribution is -2.39. The molecule has 0 aromatic carbocycles. The van der Waals surface area contributed by atoms with Gasteiger partial charge >= 0.3 is 0 Å². The van der Waals surface area contributed by atoms with Gasteiger partial charge in [-0.25, -0.2) is 0 Å². The molecule has 0 heterocycles. The zero-order chi connectivity index (χ0) is 10.6. The van der Waals surface area contributed by atoms with E-state index in [9.17, 15) is 5.11 Å². The van der Waals surface area contributed by atoms with Crippen molar-refractivity contribution in [1.29, 1.82) is 5.26 Å². The number of rotatable bonds is 3. The summed E-state index contributed by atoms with van der Waals surface area (Å²) in [6, 6.07) is 2.77. The van der Waals surface area contributed by atoms with Gasteiger partial charge in [0.25, 0.3) is 0 Å². The molecular weight excluding hydrogens is 176 g/mol. The Kier molecular flexibility index (Phi) is 3.91. The molecule has 3 heteroatoms. The van der Waals surface area contributed by atoms with Gasteiger partial charge in [-0.2, -0.15) is 5.26 Å². The zero-order valence-electron chi connectivity index (χ0n) is 9.08. The largest absolute Gasteiger partial charge is 0.393 e. The summed E-state index contributed by atoms with van der Waals surface area (Å²) in [6.07, 6.45) is 3.75. The van der Waals surface area contributed by atoms with E-state index in [1.165, 1.54) is 0 Å². The molecular formula is C11H20N2O. The lowest BCUT2D eigenvalue weighted by molar-refractivity contribution is 0.115. The summed E-state index contributed by atoms with van der Waals surface area (Å²) in [6.45, 7) is 4.62. The van der Waals surface area contributed by atoms with Crippen LogP contribution in [0.4, 0.5) is 0 Å². The quantitative estimate of drug-likeness (QED) is 0.718. The van der Waals surface area contributed by atoms with Gasteiger partial charge < -0.3 is 10.4 Å². The molecule has 1 aliphatic carbocycles. The smallest absolute Gasteiger partial charge is 0.0697 e. The Hall–Kier alpha value is -0.590. The number of hydrogen-bond donors (Lipinski definition) is 2. The normalized spacial score (nSPS) is 28.4. The van der Waals surface area contributed by atoms with E-state index < -0.39 is 0 Å². The van der Waals surface area contributed by atoms with E-state index >= 15 is 0 Å². The van der Waals surface area contributed by atoms with Gasteiger partial charge in [-0.3, -0.25) is 0 Å². The monoisotopic (exact) mass is 196 g/mol. The van der Waals surface area contributed by atoms with Crippen LogP contribution in [-0.2, 0) is 0 Å². The highest BCUT2D eigenvalue weighted by Crippen LogP contribution is 2.19. The first-order valence-electron chi connectivity index (χ1n) is 5.36. The summed E-state index contributed by atoms with van der Waals surface area (Å²) in [4.78, 5) is 0. The van der Waals surface area contributed by atoms with Crippen molar-refractivity contribution in [1.82, 2.24) is 5.32 Å². The molecule has 1 fully saturated rings. The molecule has 0 spiro atoms. The van der Waals surface area contributed by atoms with Crippen LogP contribution >= 0.6 is 0 Å². The molecule has 0 amide bonds. The van der Waals surface area contributed by atoms with Crippen molar-refractivity contribution in [3.05, 3.63) is 0 Å². The van der Waals surface area contributed by atoms with E-state index in [4.69, 9.17) is 5.26 Å². The highest BCUT2D eigenvalue weighted by molar-refractivity contribution is 4.94. The Morgan fingerprint density at radius 1 is 1.36 bits per heavy atom. The molecule has 2 N–H and O–H groups in total. The van der Waals surface area contributed by atoms with Crippen molar-refractivity contribution in [3.63, 3.8) is 0 Å². The maximum Gasteiger partial charge on any atom is 0.0697 e. The predicted octanol–water partition coefficient (Wildman–Crippen LogP) is 1.43. The topological polar surface area (TPSA) is 56.0 Å². The van der Waals surface area contributed by atoms with E-state index in [1.807, 2.05) is 13.8 Å². The van der Waals surface area contributed by atoms with Crippen molar-refractivity contribution in [2.24, 2.45) is 5.41 Å². The number of nitrogens with one attached hydrogen (secondary N) is 1. The van der Waals surface area contributed by atoms with Gasteiger partial charge in [0.2, 0.25) is 0 Å². The van der Waals surface area contributed by atoms with E-state index in [1.54, 1.807) is 0 Å². The molecule has 0 radical (unpaired) electrons. The second kappa shape index (κ2) is 4.77. The highest BCUT2D eigenvalue weighted by atomic mass is 16.3. The van der Waals surface area contributed by atoms with E-state index in [-0.39, 0.29) is 11.5 Å². The second-order valence-corrected chi connectivity index (χ2v) is 4.88. The first kappa shape index (κ1) is 11.5. The molecule has 0 aromatic heterocycles. The maximum absolute atomic E-state index is 9.32. The lowest BCUT2D eigenvalue weighted by Gasteiger charge is -2.28. The average molecular weight is 196 g/mol. The Bertz CT molecular complexity index is 212.